The van der Waals surface area contributed by atoms with Gasteiger partial charge in [-0.05, 0) is 31.9 Å². The van der Waals surface area contributed by atoms with Gasteiger partial charge >= 0.3 is 6.18 Å². The van der Waals surface area contributed by atoms with Crippen LogP contribution >= 0.6 is 0 Å². The summed E-state index contributed by atoms with van der Waals surface area (Å²) in [7, 11) is 0. The highest BCUT2D eigenvalue weighted by Gasteiger charge is 2.37. The van der Waals surface area contributed by atoms with Crippen molar-refractivity contribution in [3.63, 3.8) is 0 Å². The standard InChI is InChI=1S/C14H15F4NO2/c1-13(5-2-6-21-13)12(20)19-8-9-3-4-10(7-11(9)15)14(16,17)18/h3-4,7H,2,5-6,8H2,1H3,(H,19,20)/t13-/m1/s1. The van der Waals surface area contributed by atoms with Crippen molar-refractivity contribution in [1.29, 1.82) is 0 Å². The zero-order chi connectivity index (χ0) is 15.7. The Labute approximate surface area is 119 Å². The maximum Gasteiger partial charge on any atom is 0.416 e. The summed E-state index contributed by atoms with van der Waals surface area (Å²) in [5.41, 5.74) is -2.00. The van der Waals surface area contributed by atoms with Crippen LogP contribution in [0.25, 0.3) is 0 Å². The van der Waals surface area contributed by atoms with Crippen molar-refractivity contribution in [2.45, 2.75) is 38.1 Å². The lowest BCUT2D eigenvalue weighted by molar-refractivity contribution is -0.140. The maximum absolute atomic E-state index is 13.6. The molecule has 0 saturated carbocycles. The van der Waals surface area contributed by atoms with Crippen LogP contribution in [0.1, 0.15) is 30.9 Å². The predicted molar refractivity (Wildman–Crippen MR) is 66.8 cm³/mol. The third-order valence-corrected chi connectivity index (χ3v) is 3.52. The van der Waals surface area contributed by atoms with Crippen LogP contribution in [-0.4, -0.2) is 18.1 Å². The number of alkyl halides is 3. The number of carbonyl (C=O) groups is 1. The Balaban J connectivity index is 2.02. The summed E-state index contributed by atoms with van der Waals surface area (Å²) in [6.07, 6.45) is -3.26. The van der Waals surface area contributed by atoms with Crippen molar-refractivity contribution >= 4 is 5.91 Å². The Hall–Kier alpha value is -1.63. The number of hydrogen-bond donors (Lipinski definition) is 1. The minimum Gasteiger partial charge on any atom is -0.365 e. The molecule has 1 aromatic carbocycles. The van der Waals surface area contributed by atoms with E-state index in [4.69, 9.17) is 4.74 Å². The van der Waals surface area contributed by atoms with E-state index in [1.165, 1.54) is 0 Å². The molecule has 1 aromatic rings. The molecular weight excluding hydrogens is 290 g/mol. The van der Waals surface area contributed by atoms with Gasteiger partial charge in [0, 0.05) is 18.7 Å². The fourth-order valence-electron chi connectivity index (χ4n) is 2.19. The summed E-state index contributed by atoms with van der Waals surface area (Å²) >= 11 is 0. The summed E-state index contributed by atoms with van der Waals surface area (Å²) in [5, 5.41) is 2.50. The van der Waals surface area contributed by atoms with Gasteiger partial charge in [0.2, 0.25) is 0 Å². The lowest BCUT2D eigenvalue weighted by Gasteiger charge is -2.22. The molecular formula is C14H15F4NO2. The number of ether oxygens (including phenoxy) is 1. The van der Waals surface area contributed by atoms with Crippen molar-refractivity contribution in [2.75, 3.05) is 6.61 Å². The number of halogens is 4. The Morgan fingerprint density at radius 3 is 2.67 bits per heavy atom. The lowest BCUT2D eigenvalue weighted by Crippen LogP contribution is -2.43. The van der Waals surface area contributed by atoms with Crippen LogP contribution in [0.4, 0.5) is 17.6 Å². The zero-order valence-corrected chi connectivity index (χ0v) is 11.4. The summed E-state index contributed by atoms with van der Waals surface area (Å²) in [6, 6.07) is 2.24. The molecule has 116 valence electrons. The molecule has 2 rings (SSSR count). The van der Waals surface area contributed by atoms with E-state index in [0.29, 0.717) is 19.1 Å². The predicted octanol–water partition coefficient (Wildman–Crippen LogP) is 3.03. The molecule has 3 nitrogen and oxygen atoms in total. The molecule has 21 heavy (non-hydrogen) atoms. The number of nitrogens with one attached hydrogen (secondary N) is 1. The third-order valence-electron chi connectivity index (χ3n) is 3.52. The average Bonchev–Trinajstić information content (AvgIpc) is 2.84. The van der Waals surface area contributed by atoms with E-state index in [1.807, 2.05) is 0 Å². The van der Waals surface area contributed by atoms with Crippen LogP contribution in [-0.2, 0) is 22.3 Å². The van der Waals surface area contributed by atoms with Gasteiger partial charge < -0.3 is 10.1 Å². The molecule has 1 atom stereocenters. The second-order valence-electron chi connectivity index (χ2n) is 5.17. The molecule has 1 heterocycles. The fourth-order valence-corrected chi connectivity index (χ4v) is 2.19. The highest BCUT2D eigenvalue weighted by atomic mass is 19.4. The molecule has 0 spiro atoms. The van der Waals surface area contributed by atoms with Gasteiger partial charge in [-0.25, -0.2) is 4.39 Å². The number of rotatable bonds is 3. The van der Waals surface area contributed by atoms with E-state index in [-0.39, 0.29) is 18.0 Å². The number of amides is 1. The SMILES string of the molecule is C[C@]1(C(=O)NCc2ccc(C(F)(F)F)cc2F)CCCO1. The van der Waals surface area contributed by atoms with Gasteiger partial charge in [-0.15, -0.1) is 0 Å². The van der Waals surface area contributed by atoms with E-state index in [9.17, 15) is 22.4 Å². The fraction of sp³-hybridized carbons (Fsp3) is 0.500. The van der Waals surface area contributed by atoms with Crippen LogP contribution in [0.5, 0.6) is 0 Å². The van der Waals surface area contributed by atoms with Gasteiger partial charge in [-0.3, -0.25) is 4.79 Å². The van der Waals surface area contributed by atoms with Gasteiger partial charge in [-0.1, -0.05) is 6.07 Å². The van der Waals surface area contributed by atoms with Gasteiger partial charge in [0.15, 0.2) is 0 Å². The van der Waals surface area contributed by atoms with E-state index < -0.39 is 23.2 Å². The van der Waals surface area contributed by atoms with Crippen LogP contribution < -0.4 is 5.32 Å². The number of carbonyl (C=O) groups excluding carboxylic acids is 1. The second kappa shape index (κ2) is 5.63. The molecule has 1 fully saturated rings. The van der Waals surface area contributed by atoms with Crippen molar-refractivity contribution in [3.8, 4) is 0 Å². The first kappa shape index (κ1) is 15.8. The number of benzene rings is 1. The molecule has 0 bridgehead atoms. The molecule has 1 aliphatic heterocycles. The normalized spacial score (nSPS) is 22.3. The van der Waals surface area contributed by atoms with Crippen LogP contribution in [0.15, 0.2) is 18.2 Å². The highest BCUT2D eigenvalue weighted by molar-refractivity contribution is 5.84. The first-order valence-electron chi connectivity index (χ1n) is 6.50. The summed E-state index contributed by atoms with van der Waals surface area (Å²) in [6.45, 7) is 1.94. The molecule has 0 unspecified atom stereocenters. The minimum absolute atomic E-state index is 0.00190. The monoisotopic (exact) mass is 305 g/mol. The van der Waals surface area contributed by atoms with Gasteiger partial charge in [0.05, 0.1) is 5.56 Å². The quantitative estimate of drug-likeness (QED) is 0.872. The summed E-state index contributed by atoms with van der Waals surface area (Å²) in [5.74, 6) is -1.39. The van der Waals surface area contributed by atoms with Gasteiger partial charge in [0.1, 0.15) is 11.4 Å². The molecule has 7 heteroatoms. The topological polar surface area (TPSA) is 38.3 Å². The summed E-state index contributed by atoms with van der Waals surface area (Å²) in [4.78, 5) is 11.9. The molecule has 1 aliphatic rings. The molecule has 0 radical (unpaired) electrons. The van der Waals surface area contributed by atoms with Crippen molar-refractivity contribution in [2.24, 2.45) is 0 Å². The van der Waals surface area contributed by atoms with Crippen molar-refractivity contribution in [3.05, 3.63) is 35.1 Å². The van der Waals surface area contributed by atoms with E-state index in [0.717, 1.165) is 18.6 Å². The van der Waals surface area contributed by atoms with Gasteiger partial charge in [0.25, 0.3) is 5.91 Å². The molecule has 0 aliphatic carbocycles. The van der Waals surface area contributed by atoms with Crippen molar-refractivity contribution < 1.29 is 27.1 Å². The van der Waals surface area contributed by atoms with Gasteiger partial charge in [-0.2, -0.15) is 13.2 Å². The van der Waals surface area contributed by atoms with Crippen LogP contribution in [0.3, 0.4) is 0 Å². The summed E-state index contributed by atoms with van der Waals surface area (Å²) < 4.78 is 56.2. The third kappa shape index (κ3) is 3.53. The first-order valence-corrected chi connectivity index (χ1v) is 6.50. The van der Waals surface area contributed by atoms with E-state index in [2.05, 4.69) is 5.32 Å². The first-order chi connectivity index (χ1) is 9.72. The Morgan fingerprint density at radius 1 is 1.43 bits per heavy atom. The smallest absolute Gasteiger partial charge is 0.365 e. The largest absolute Gasteiger partial charge is 0.416 e. The molecule has 1 amide bonds. The number of hydrogen-bond acceptors (Lipinski definition) is 2. The molecule has 1 saturated heterocycles. The van der Waals surface area contributed by atoms with Crippen molar-refractivity contribution in [1.82, 2.24) is 5.32 Å². The Bertz CT molecular complexity index is 536. The van der Waals surface area contributed by atoms with Crippen LogP contribution in [0.2, 0.25) is 0 Å². The van der Waals surface area contributed by atoms with E-state index >= 15 is 0 Å². The van der Waals surface area contributed by atoms with E-state index in [1.54, 1.807) is 6.92 Å². The maximum atomic E-state index is 13.6. The minimum atomic E-state index is -4.59. The zero-order valence-electron chi connectivity index (χ0n) is 11.4. The molecule has 0 aromatic heterocycles. The average molecular weight is 305 g/mol. The lowest BCUT2D eigenvalue weighted by atomic mass is 10.0. The highest BCUT2D eigenvalue weighted by Crippen LogP contribution is 2.30. The Kier molecular flexibility index (Phi) is 4.22. The Morgan fingerprint density at radius 2 is 2.14 bits per heavy atom. The second-order valence-corrected chi connectivity index (χ2v) is 5.17. The van der Waals surface area contributed by atoms with Crippen LogP contribution in [0, 0.1) is 5.82 Å². The molecule has 1 N–H and O–H groups in total.